The molecule has 15 heavy (non-hydrogen) atoms. The van der Waals surface area contributed by atoms with Gasteiger partial charge in [0, 0.05) is 6.08 Å². The maximum atomic E-state index is 5.64. The van der Waals surface area contributed by atoms with Crippen LogP contribution in [0.3, 0.4) is 0 Å². The number of ether oxygens (including phenoxy) is 1. The molecule has 1 atom stereocenters. The molecule has 0 aromatic rings. The minimum Gasteiger partial charge on any atom is -0.493 e. The maximum Gasteiger partial charge on any atom is 0.130 e. The fraction of sp³-hybridized carbons (Fsp3) is 0.462. The number of allylic oxidation sites excluding steroid dienone is 4. The van der Waals surface area contributed by atoms with Crippen LogP contribution in [-0.4, -0.2) is 13.2 Å². The van der Waals surface area contributed by atoms with Crippen LogP contribution in [0.4, 0.5) is 0 Å². The zero-order chi connectivity index (χ0) is 10.7. The normalized spacial score (nSPS) is 24.4. The average molecular weight is 203 g/mol. The fourth-order valence-corrected chi connectivity index (χ4v) is 2.04. The molecule has 0 fully saturated rings. The second-order valence-corrected chi connectivity index (χ2v) is 4.04. The van der Waals surface area contributed by atoms with Gasteiger partial charge in [0.2, 0.25) is 0 Å². The van der Waals surface area contributed by atoms with E-state index in [2.05, 4.69) is 17.9 Å². The highest BCUT2D eigenvalue weighted by molar-refractivity contribution is 5.39. The van der Waals surface area contributed by atoms with E-state index in [1.165, 1.54) is 5.57 Å². The Morgan fingerprint density at radius 2 is 2.40 bits per heavy atom. The minimum absolute atomic E-state index is 0.555. The first kappa shape index (κ1) is 10.3. The Labute approximate surface area is 90.8 Å². The molecule has 1 aliphatic carbocycles. The molecule has 0 aromatic heterocycles. The van der Waals surface area contributed by atoms with Gasteiger partial charge in [-0.1, -0.05) is 12.2 Å². The SMILES string of the molecule is CC1=C=CC2=C(C=C1)C(CCN)CCO2. The molecule has 0 bridgehead atoms. The van der Waals surface area contributed by atoms with Crippen LogP contribution in [0.5, 0.6) is 0 Å². The van der Waals surface area contributed by atoms with Crippen LogP contribution >= 0.6 is 0 Å². The summed E-state index contributed by atoms with van der Waals surface area (Å²) in [6.07, 6.45) is 8.32. The molecule has 2 rings (SSSR count). The Balaban J connectivity index is 2.30. The van der Waals surface area contributed by atoms with E-state index in [-0.39, 0.29) is 0 Å². The molecule has 1 unspecified atom stereocenters. The molecule has 0 aromatic carbocycles. The van der Waals surface area contributed by atoms with Crippen LogP contribution < -0.4 is 5.73 Å². The first-order valence-electron chi connectivity index (χ1n) is 5.49. The van der Waals surface area contributed by atoms with Gasteiger partial charge in [-0.3, -0.25) is 0 Å². The number of nitrogens with two attached hydrogens (primary N) is 1. The second kappa shape index (κ2) is 4.52. The van der Waals surface area contributed by atoms with Crippen molar-refractivity contribution in [1.82, 2.24) is 0 Å². The first-order chi connectivity index (χ1) is 7.31. The summed E-state index contributed by atoms with van der Waals surface area (Å²) in [4.78, 5) is 0. The smallest absolute Gasteiger partial charge is 0.130 e. The number of hydrogen-bond acceptors (Lipinski definition) is 2. The van der Waals surface area contributed by atoms with Crippen LogP contribution in [0.2, 0.25) is 0 Å². The summed E-state index contributed by atoms with van der Waals surface area (Å²) in [6, 6.07) is 0. The van der Waals surface area contributed by atoms with E-state index in [4.69, 9.17) is 10.5 Å². The lowest BCUT2D eigenvalue weighted by atomic mass is 9.89. The van der Waals surface area contributed by atoms with Gasteiger partial charge in [0.15, 0.2) is 0 Å². The molecule has 1 aliphatic heterocycles. The van der Waals surface area contributed by atoms with Gasteiger partial charge in [-0.2, -0.15) is 0 Å². The summed E-state index contributed by atoms with van der Waals surface area (Å²) in [5, 5.41) is 0. The van der Waals surface area contributed by atoms with Crippen molar-refractivity contribution >= 4 is 0 Å². The molecule has 2 N–H and O–H groups in total. The Bertz CT molecular complexity index is 370. The first-order valence-corrected chi connectivity index (χ1v) is 5.49. The Morgan fingerprint density at radius 1 is 1.53 bits per heavy atom. The van der Waals surface area contributed by atoms with Gasteiger partial charge in [-0.15, -0.1) is 5.73 Å². The van der Waals surface area contributed by atoms with Gasteiger partial charge in [-0.25, -0.2) is 0 Å². The molecule has 0 spiro atoms. The molecule has 0 amide bonds. The van der Waals surface area contributed by atoms with Crippen molar-refractivity contribution in [3.8, 4) is 0 Å². The Kier molecular flexibility index (Phi) is 3.10. The predicted molar refractivity (Wildman–Crippen MR) is 61.2 cm³/mol. The van der Waals surface area contributed by atoms with Gasteiger partial charge in [0.1, 0.15) is 5.76 Å². The van der Waals surface area contributed by atoms with E-state index in [1.807, 2.05) is 13.0 Å². The lowest BCUT2D eigenvalue weighted by Crippen LogP contribution is -2.18. The van der Waals surface area contributed by atoms with Crippen molar-refractivity contribution in [2.75, 3.05) is 13.2 Å². The van der Waals surface area contributed by atoms with Crippen LogP contribution in [0, 0.1) is 5.92 Å². The highest BCUT2D eigenvalue weighted by Gasteiger charge is 2.21. The molecule has 80 valence electrons. The molecular formula is C13H17NO. The third-order valence-corrected chi connectivity index (χ3v) is 2.91. The summed E-state index contributed by atoms with van der Waals surface area (Å²) in [7, 11) is 0. The topological polar surface area (TPSA) is 35.2 Å². The van der Waals surface area contributed by atoms with Gasteiger partial charge >= 0.3 is 0 Å². The van der Waals surface area contributed by atoms with Crippen molar-refractivity contribution in [1.29, 1.82) is 0 Å². The van der Waals surface area contributed by atoms with Crippen molar-refractivity contribution in [2.24, 2.45) is 11.7 Å². The number of rotatable bonds is 2. The van der Waals surface area contributed by atoms with E-state index in [1.54, 1.807) is 0 Å². The quantitative estimate of drug-likeness (QED) is 0.699. The molecule has 0 radical (unpaired) electrons. The minimum atomic E-state index is 0.555. The second-order valence-electron chi connectivity index (χ2n) is 4.04. The van der Waals surface area contributed by atoms with Gasteiger partial charge in [0.25, 0.3) is 0 Å². The van der Waals surface area contributed by atoms with Crippen molar-refractivity contribution in [3.63, 3.8) is 0 Å². The largest absolute Gasteiger partial charge is 0.493 e. The van der Waals surface area contributed by atoms with Gasteiger partial charge < -0.3 is 10.5 Å². The van der Waals surface area contributed by atoms with E-state index >= 15 is 0 Å². The monoisotopic (exact) mass is 203 g/mol. The molecular weight excluding hydrogens is 186 g/mol. The third kappa shape index (κ3) is 2.23. The highest BCUT2D eigenvalue weighted by Crippen LogP contribution is 2.30. The summed E-state index contributed by atoms with van der Waals surface area (Å²) in [5.74, 6) is 1.53. The summed E-state index contributed by atoms with van der Waals surface area (Å²) in [6.45, 7) is 3.59. The molecule has 2 aliphatic rings. The summed E-state index contributed by atoms with van der Waals surface area (Å²) in [5.41, 5.74) is 11.3. The van der Waals surface area contributed by atoms with E-state index < -0.39 is 0 Å². The van der Waals surface area contributed by atoms with Crippen molar-refractivity contribution < 1.29 is 4.74 Å². The van der Waals surface area contributed by atoms with Gasteiger partial charge in [-0.05, 0) is 43.4 Å². The van der Waals surface area contributed by atoms with Crippen molar-refractivity contribution in [3.05, 3.63) is 40.9 Å². The summed E-state index contributed by atoms with van der Waals surface area (Å²) < 4.78 is 5.64. The summed E-state index contributed by atoms with van der Waals surface area (Å²) >= 11 is 0. The van der Waals surface area contributed by atoms with E-state index in [0.29, 0.717) is 5.92 Å². The standard InChI is InChI=1S/C13H17NO/c1-10-2-4-12-11(6-8-14)7-9-15-13(12)5-3-10/h2,4-5,11H,6-9,14H2,1H3. The lowest BCUT2D eigenvalue weighted by Gasteiger charge is -2.25. The van der Waals surface area contributed by atoms with Crippen LogP contribution in [0.25, 0.3) is 0 Å². The van der Waals surface area contributed by atoms with E-state index in [9.17, 15) is 0 Å². The molecule has 1 heterocycles. The fourth-order valence-electron chi connectivity index (χ4n) is 2.04. The molecule has 0 saturated carbocycles. The van der Waals surface area contributed by atoms with Crippen LogP contribution in [0.15, 0.2) is 40.9 Å². The molecule has 2 nitrogen and oxygen atoms in total. The zero-order valence-electron chi connectivity index (χ0n) is 9.12. The van der Waals surface area contributed by atoms with Crippen LogP contribution in [0.1, 0.15) is 19.8 Å². The highest BCUT2D eigenvalue weighted by atomic mass is 16.5. The molecule has 0 saturated heterocycles. The lowest BCUT2D eigenvalue weighted by molar-refractivity contribution is 0.177. The van der Waals surface area contributed by atoms with Crippen LogP contribution in [-0.2, 0) is 4.74 Å². The maximum absolute atomic E-state index is 5.64. The molecule has 2 heteroatoms. The predicted octanol–water partition coefficient (Wildman–Crippen LogP) is 2.30. The zero-order valence-corrected chi connectivity index (χ0v) is 9.12. The Morgan fingerprint density at radius 3 is 3.20 bits per heavy atom. The van der Waals surface area contributed by atoms with Crippen molar-refractivity contribution in [2.45, 2.75) is 19.8 Å². The average Bonchev–Trinajstić information content (AvgIpc) is 2.43. The van der Waals surface area contributed by atoms with E-state index in [0.717, 1.165) is 37.3 Å². The van der Waals surface area contributed by atoms with Gasteiger partial charge in [0.05, 0.1) is 6.61 Å². The Hall–Kier alpha value is -1.24. The number of hydrogen-bond donors (Lipinski definition) is 1. The third-order valence-electron chi connectivity index (χ3n) is 2.91.